The largest absolute Gasteiger partial charge is 0.315 e. The topological polar surface area (TPSA) is 15.3 Å². The molecule has 0 bridgehead atoms. The molecule has 1 saturated carbocycles. The van der Waals surface area contributed by atoms with Gasteiger partial charge in [-0.05, 0) is 43.7 Å². The van der Waals surface area contributed by atoms with Gasteiger partial charge in [0.15, 0.2) is 0 Å². The van der Waals surface area contributed by atoms with E-state index in [1.54, 1.807) is 0 Å². The Morgan fingerprint density at radius 3 is 2.39 bits per heavy atom. The fourth-order valence-corrected chi connectivity index (χ4v) is 4.20. The summed E-state index contributed by atoms with van der Waals surface area (Å²) in [5.41, 5.74) is 0.463. The summed E-state index contributed by atoms with van der Waals surface area (Å²) in [5.74, 6) is 0.881. The van der Waals surface area contributed by atoms with Gasteiger partial charge in [0.25, 0.3) is 0 Å². The lowest BCUT2D eigenvalue weighted by Gasteiger charge is -2.47. The molecule has 1 saturated heterocycles. The standard InChI is InChI=1S/C16H32N2/c1-5-18(13-10-11-17-12-13)15-9-7-6-8-14(15)16(2,3)4/h13-15,17H,5-12H2,1-4H3. The Labute approximate surface area is 114 Å². The highest BCUT2D eigenvalue weighted by atomic mass is 15.2. The van der Waals surface area contributed by atoms with Gasteiger partial charge in [0.1, 0.15) is 0 Å². The third kappa shape index (κ3) is 3.08. The van der Waals surface area contributed by atoms with Crippen molar-refractivity contribution in [2.75, 3.05) is 19.6 Å². The van der Waals surface area contributed by atoms with E-state index < -0.39 is 0 Å². The summed E-state index contributed by atoms with van der Waals surface area (Å²) in [5, 5.41) is 3.54. The number of hydrogen-bond acceptors (Lipinski definition) is 2. The van der Waals surface area contributed by atoms with Crippen LogP contribution in [0.15, 0.2) is 0 Å². The van der Waals surface area contributed by atoms with Crippen molar-refractivity contribution in [3.8, 4) is 0 Å². The molecule has 2 aliphatic rings. The molecule has 3 unspecified atom stereocenters. The van der Waals surface area contributed by atoms with Crippen LogP contribution in [0, 0.1) is 11.3 Å². The Kier molecular flexibility index (Phi) is 4.71. The first-order chi connectivity index (χ1) is 8.54. The summed E-state index contributed by atoms with van der Waals surface area (Å²) < 4.78 is 0. The van der Waals surface area contributed by atoms with Crippen molar-refractivity contribution in [2.24, 2.45) is 11.3 Å². The van der Waals surface area contributed by atoms with Crippen molar-refractivity contribution in [1.29, 1.82) is 0 Å². The molecule has 1 aliphatic carbocycles. The molecule has 106 valence electrons. The third-order valence-electron chi connectivity index (χ3n) is 5.14. The van der Waals surface area contributed by atoms with Crippen LogP contribution < -0.4 is 5.32 Å². The first kappa shape index (κ1) is 14.3. The second-order valence-electron chi connectivity index (χ2n) is 7.30. The summed E-state index contributed by atoms with van der Waals surface area (Å²) in [6.45, 7) is 13.3. The van der Waals surface area contributed by atoms with Crippen molar-refractivity contribution in [3.05, 3.63) is 0 Å². The van der Waals surface area contributed by atoms with Crippen molar-refractivity contribution in [3.63, 3.8) is 0 Å². The van der Waals surface area contributed by atoms with E-state index in [1.165, 1.54) is 51.7 Å². The second-order valence-corrected chi connectivity index (χ2v) is 7.30. The summed E-state index contributed by atoms with van der Waals surface area (Å²) in [6.07, 6.45) is 7.09. The number of hydrogen-bond donors (Lipinski definition) is 1. The highest BCUT2D eigenvalue weighted by molar-refractivity contribution is 4.93. The van der Waals surface area contributed by atoms with Crippen molar-refractivity contribution < 1.29 is 0 Å². The molecule has 1 N–H and O–H groups in total. The van der Waals surface area contributed by atoms with Gasteiger partial charge < -0.3 is 5.32 Å². The summed E-state index contributed by atoms with van der Waals surface area (Å²) >= 11 is 0. The van der Waals surface area contributed by atoms with Gasteiger partial charge in [-0.15, -0.1) is 0 Å². The summed E-state index contributed by atoms with van der Waals surface area (Å²) in [7, 11) is 0. The molecule has 0 amide bonds. The van der Waals surface area contributed by atoms with Crippen LogP contribution in [-0.4, -0.2) is 36.6 Å². The van der Waals surface area contributed by atoms with Gasteiger partial charge in [-0.25, -0.2) is 0 Å². The Hall–Kier alpha value is -0.0800. The molecule has 2 heteroatoms. The normalized spacial score (nSPS) is 34.2. The Morgan fingerprint density at radius 2 is 1.83 bits per heavy atom. The average Bonchev–Trinajstić information content (AvgIpc) is 2.83. The van der Waals surface area contributed by atoms with Crippen LogP contribution in [0.1, 0.15) is 59.8 Å². The molecule has 2 rings (SSSR count). The SMILES string of the molecule is CCN(C1CCNC1)C1CCCCC1C(C)(C)C. The lowest BCUT2D eigenvalue weighted by Crippen LogP contribution is -2.51. The summed E-state index contributed by atoms with van der Waals surface area (Å²) in [4.78, 5) is 2.83. The average molecular weight is 252 g/mol. The van der Waals surface area contributed by atoms with E-state index in [-0.39, 0.29) is 0 Å². The Balaban J connectivity index is 2.10. The van der Waals surface area contributed by atoms with Gasteiger partial charge in [-0.3, -0.25) is 4.90 Å². The quantitative estimate of drug-likeness (QED) is 0.829. The van der Waals surface area contributed by atoms with E-state index in [1.807, 2.05) is 0 Å². The van der Waals surface area contributed by atoms with Gasteiger partial charge in [0, 0.05) is 18.6 Å². The molecule has 2 nitrogen and oxygen atoms in total. The summed E-state index contributed by atoms with van der Waals surface area (Å²) in [6, 6.07) is 1.62. The van der Waals surface area contributed by atoms with Gasteiger partial charge >= 0.3 is 0 Å². The van der Waals surface area contributed by atoms with E-state index >= 15 is 0 Å². The molecule has 0 aromatic rings. The monoisotopic (exact) mass is 252 g/mol. The van der Waals surface area contributed by atoms with Crippen molar-refractivity contribution in [1.82, 2.24) is 10.2 Å². The maximum absolute atomic E-state index is 3.54. The number of nitrogens with one attached hydrogen (secondary N) is 1. The van der Waals surface area contributed by atoms with Crippen LogP contribution in [0.4, 0.5) is 0 Å². The Bertz CT molecular complexity index is 250. The number of rotatable bonds is 3. The lowest BCUT2D eigenvalue weighted by molar-refractivity contribution is 0.0228. The van der Waals surface area contributed by atoms with Crippen LogP contribution >= 0.6 is 0 Å². The zero-order valence-corrected chi connectivity index (χ0v) is 12.8. The van der Waals surface area contributed by atoms with Crippen LogP contribution in [0.2, 0.25) is 0 Å². The fraction of sp³-hybridized carbons (Fsp3) is 1.00. The molecular weight excluding hydrogens is 220 g/mol. The molecule has 3 atom stereocenters. The smallest absolute Gasteiger partial charge is 0.0235 e. The zero-order valence-electron chi connectivity index (χ0n) is 12.8. The zero-order chi connectivity index (χ0) is 13.2. The molecule has 18 heavy (non-hydrogen) atoms. The van der Waals surface area contributed by atoms with Crippen molar-refractivity contribution >= 4 is 0 Å². The molecule has 2 fully saturated rings. The minimum absolute atomic E-state index is 0.463. The van der Waals surface area contributed by atoms with Crippen molar-refractivity contribution in [2.45, 2.75) is 71.9 Å². The molecule has 0 radical (unpaired) electrons. The van der Waals surface area contributed by atoms with Gasteiger partial charge in [0.2, 0.25) is 0 Å². The van der Waals surface area contributed by atoms with Gasteiger partial charge in [0.05, 0.1) is 0 Å². The van der Waals surface area contributed by atoms with E-state index in [9.17, 15) is 0 Å². The number of nitrogens with zero attached hydrogens (tertiary/aromatic N) is 1. The van der Waals surface area contributed by atoms with Crippen LogP contribution in [0.25, 0.3) is 0 Å². The second kappa shape index (κ2) is 5.92. The molecule has 0 aromatic heterocycles. The van der Waals surface area contributed by atoms with Crippen LogP contribution in [0.3, 0.4) is 0 Å². The third-order valence-corrected chi connectivity index (χ3v) is 5.14. The van der Waals surface area contributed by atoms with E-state index in [2.05, 4.69) is 37.9 Å². The first-order valence-corrected chi connectivity index (χ1v) is 8.00. The highest BCUT2D eigenvalue weighted by Gasteiger charge is 2.39. The van der Waals surface area contributed by atoms with E-state index in [4.69, 9.17) is 0 Å². The van der Waals surface area contributed by atoms with E-state index in [0.717, 1.165) is 18.0 Å². The fourth-order valence-electron chi connectivity index (χ4n) is 4.20. The minimum atomic E-state index is 0.463. The maximum Gasteiger partial charge on any atom is 0.0235 e. The number of likely N-dealkylation sites (N-methyl/N-ethyl adjacent to an activating group) is 1. The highest BCUT2D eigenvalue weighted by Crippen LogP contribution is 2.41. The predicted molar refractivity (Wildman–Crippen MR) is 78.9 cm³/mol. The van der Waals surface area contributed by atoms with Gasteiger partial charge in [-0.2, -0.15) is 0 Å². The van der Waals surface area contributed by atoms with Gasteiger partial charge in [-0.1, -0.05) is 40.5 Å². The van der Waals surface area contributed by atoms with Crippen LogP contribution in [-0.2, 0) is 0 Å². The maximum atomic E-state index is 3.54. The lowest BCUT2D eigenvalue weighted by atomic mass is 9.69. The first-order valence-electron chi connectivity index (χ1n) is 8.00. The molecule has 1 heterocycles. The molecular formula is C16H32N2. The van der Waals surface area contributed by atoms with E-state index in [0.29, 0.717) is 5.41 Å². The molecule has 1 aliphatic heterocycles. The molecule has 0 aromatic carbocycles. The minimum Gasteiger partial charge on any atom is -0.315 e. The molecule has 0 spiro atoms. The Morgan fingerprint density at radius 1 is 1.11 bits per heavy atom. The van der Waals surface area contributed by atoms with Crippen LogP contribution in [0.5, 0.6) is 0 Å². The predicted octanol–water partition coefficient (Wildman–Crippen LogP) is 3.28.